The number of piperazine rings is 1. The summed E-state index contributed by atoms with van der Waals surface area (Å²) in [5.74, 6) is 0.431. The molecule has 0 unspecified atom stereocenters. The van der Waals surface area contributed by atoms with E-state index in [1.165, 1.54) is 6.26 Å². The van der Waals surface area contributed by atoms with Crippen LogP contribution in [0.4, 0.5) is 0 Å². The lowest BCUT2D eigenvalue weighted by atomic mass is 10.3. The lowest BCUT2D eigenvalue weighted by molar-refractivity contribution is 0.0820. The van der Waals surface area contributed by atoms with Gasteiger partial charge in [0, 0.05) is 39.3 Å². The standard InChI is InChI=1S/C13H21N5O2.2ClH/c19-13(16-18-5-1-2-6-18)11-10-20-12(15-11)9-17-7-3-14-4-8-17;;/h10,14H,1-9H2,(H,16,19);2*1H. The highest BCUT2D eigenvalue weighted by atomic mass is 35.5. The largest absolute Gasteiger partial charge is 0.447 e. The molecule has 3 heterocycles. The second kappa shape index (κ2) is 9.32. The number of hydrogen-bond donors (Lipinski definition) is 2. The molecule has 22 heavy (non-hydrogen) atoms. The zero-order valence-corrected chi connectivity index (χ0v) is 14.0. The third-order valence-corrected chi connectivity index (χ3v) is 3.72. The molecule has 0 radical (unpaired) electrons. The summed E-state index contributed by atoms with van der Waals surface area (Å²) in [6, 6.07) is 0. The smallest absolute Gasteiger partial charge is 0.287 e. The fourth-order valence-corrected chi connectivity index (χ4v) is 2.58. The van der Waals surface area contributed by atoms with Gasteiger partial charge in [-0.15, -0.1) is 24.8 Å². The van der Waals surface area contributed by atoms with Crippen molar-refractivity contribution in [3.8, 4) is 0 Å². The summed E-state index contributed by atoms with van der Waals surface area (Å²) in [6.07, 6.45) is 3.71. The van der Waals surface area contributed by atoms with Crippen molar-refractivity contribution in [3.63, 3.8) is 0 Å². The molecule has 2 aliphatic rings. The topological polar surface area (TPSA) is 73.6 Å². The van der Waals surface area contributed by atoms with Gasteiger partial charge in [-0.05, 0) is 12.8 Å². The van der Waals surface area contributed by atoms with E-state index in [9.17, 15) is 4.79 Å². The molecule has 9 heteroatoms. The SMILES string of the molecule is Cl.Cl.O=C(NN1CCCC1)c1coc(CN2CCNCC2)n1. The maximum Gasteiger partial charge on any atom is 0.287 e. The van der Waals surface area contributed by atoms with Crippen LogP contribution in [0.5, 0.6) is 0 Å². The van der Waals surface area contributed by atoms with Gasteiger partial charge in [0.2, 0.25) is 5.89 Å². The molecule has 7 nitrogen and oxygen atoms in total. The molecule has 2 aliphatic heterocycles. The zero-order chi connectivity index (χ0) is 13.8. The van der Waals surface area contributed by atoms with Gasteiger partial charge in [0.15, 0.2) is 5.69 Å². The van der Waals surface area contributed by atoms with Crippen molar-refractivity contribution in [3.05, 3.63) is 17.8 Å². The Bertz CT molecular complexity index is 459. The third kappa shape index (κ3) is 5.10. The highest BCUT2D eigenvalue weighted by Gasteiger charge is 2.19. The quantitative estimate of drug-likeness (QED) is 0.830. The lowest BCUT2D eigenvalue weighted by Crippen LogP contribution is -2.43. The molecule has 3 rings (SSSR count). The monoisotopic (exact) mass is 351 g/mol. The molecule has 2 fully saturated rings. The number of carbonyl (C=O) groups excluding carboxylic acids is 1. The first-order valence-corrected chi connectivity index (χ1v) is 7.25. The van der Waals surface area contributed by atoms with Crippen LogP contribution in [-0.4, -0.2) is 60.1 Å². The van der Waals surface area contributed by atoms with E-state index in [1.807, 2.05) is 5.01 Å². The third-order valence-electron chi connectivity index (χ3n) is 3.72. The minimum atomic E-state index is -0.179. The Morgan fingerprint density at radius 1 is 1.23 bits per heavy atom. The van der Waals surface area contributed by atoms with Crippen LogP contribution >= 0.6 is 24.8 Å². The molecule has 0 saturated carbocycles. The van der Waals surface area contributed by atoms with Gasteiger partial charge in [-0.3, -0.25) is 15.1 Å². The average Bonchev–Trinajstić information content (AvgIpc) is 3.11. The van der Waals surface area contributed by atoms with E-state index in [2.05, 4.69) is 20.6 Å². The van der Waals surface area contributed by atoms with Crippen LogP contribution in [0.25, 0.3) is 0 Å². The van der Waals surface area contributed by atoms with Gasteiger partial charge in [0.05, 0.1) is 6.54 Å². The summed E-state index contributed by atoms with van der Waals surface area (Å²) in [6.45, 7) is 6.44. The number of oxazole rings is 1. The summed E-state index contributed by atoms with van der Waals surface area (Å²) in [5.41, 5.74) is 3.22. The molecule has 1 aromatic rings. The van der Waals surface area contributed by atoms with Gasteiger partial charge in [-0.2, -0.15) is 0 Å². The molecule has 2 N–H and O–H groups in total. The number of nitrogens with one attached hydrogen (secondary N) is 2. The Morgan fingerprint density at radius 2 is 1.91 bits per heavy atom. The Kier molecular flexibility index (Phi) is 8.13. The first-order chi connectivity index (χ1) is 9.81. The number of halogens is 2. The Balaban J connectivity index is 0.00000121. The van der Waals surface area contributed by atoms with Crippen molar-refractivity contribution in [2.24, 2.45) is 0 Å². The van der Waals surface area contributed by atoms with Gasteiger partial charge in [0.1, 0.15) is 6.26 Å². The van der Waals surface area contributed by atoms with Crippen LogP contribution in [0.1, 0.15) is 29.2 Å². The normalized spacial score (nSPS) is 19.3. The number of aromatic nitrogens is 1. The maximum absolute atomic E-state index is 12.0. The second-order valence-electron chi connectivity index (χ2n) is 5.29. The van der Waals surface area contributed by atoms with Gasteiger partial charge in [-0.1, -0.05) is 0 Å². The van der Waals surface area contributed by atoms with E-state index in [1.54, 1.807) is 0 Å². The fourth-order valence-electron chi connectivity index (χ4n) is 2.58. The summed E-state index contributed by atoms with van der Waals surface area (Å²) < 4.78 is 5.40. The number of nitrogens with zero attached hydrogens (tertiary/aromatic N) is 3. The predicted molar refractivity (Wildman–Crippen MR) is 87.4 cm³/mol. The molecular formula is C13H23Cl2N5O2. The Morgan fingerprint density at radius 3 is 2.59 bits per heavy atom. The Hall–Kier alpha value is -0.860. The van der Waals surface area contributed by atoms with E-state index in [-0.39, 0.29) is 30.7 Å². The van der Waals surface area contributed by atoms with Crippen LogP contribution < -0.4 is 10.7 Å². The molecule has 1 amide bonds. The molecule has 0 spiro atoms. The van der Waals surface area contributed by atoms with Crippen LogP contribution in [0.2, 0.25) is 0 Å². The number of carbonyl (C=O) groups is 1. The van der Waals surface area contributed by atoms with E-state index in [4.69, 9.17) is 4.42 Å². The van der Waals surface area contributed by atoms with Crippen LogP contribution in [0.15, 0.2) is 10.7 Å². The van der Waals surface area contributed by atoms with Crippen molar-refractivity contribution in [2.75, 3.05) is 39.3 Å². The first kappa shape index (κ1) is 19.2. The average molecular weight is 352 g/mol. The van der Waals surface area contributed by atoms with Gasteiger partial charge in [0.25, 0.3) is 5.91 Å². The molecule has 126 valence electrons. The number of rotatable bonds is 4. The van der Waals surface area contributed by atoms with Crippen LogP contribution in [0.3, 0.4) is 0 Å². The van der Waals surface area contributed by atoms with E-state index in [0.29, 0.717) is 18.1 Å². The molecule has 0 aromatic carbocycles. The summed E-state index contributed by atoms with van der Waals surface area (Å²) in [7, 11) is 0. The van der Waals surface area contributed by atoms with E-state index in [0.717, 1.165) is 52.1 Å². The number of hydrazine groups is 1. The number of hydrogen-bond acceptors (Lipinski definition) is 6. The van der Waals surface area contributed by atoms with Crippen molar-refractivity contribution < 1.29 is 9.21 Å². The second-order valence-corrected chi connectivity index (χ2v) is 5.29. The highest BCUT2D eigenvalue weighted by molar-refractivity contribution is 5.91. The van der Waals surface area contributed by atoms with Crippen LogP contribution in [-0.2, 0) is 6.54 Å². The lowest BCUT2D eigenvalue weighted by Gasteiger charge is -2.25. The zero-order valence-electron chi connectivity index (χ0n) is 12.4. The molecule has 0 bridgehead atoms. The van der Waals surface area contributed by atoms with Gasteiger partial charge >= 0.3 is 0 Å². The van der Waals surface area contributed by atoms with Gasteiger partial charge in [-0.25, -0.2) is 9.99 Å². The Labute approximate surface area is 142 Å². The van der Waals surface area contributed by atoms with Crippen molar-refractivity contribution in [2.45, 2.75) is 19.4 Å². The molecule has 0 aliphatic carbocycles. The number of amides is 1. The molecule has 2 saturated heterocycles. The molecular weight excluding hydrogens is 329 g/mol. The minimum Gasteiger partial charge on any atom is -0.447 e. The summed E-state index contributed by atoms with van der Waals surface area (Å²) in [5, 5.41) is 5.24. The minimum absolute atomic E-state index is 0. The van der Waals surface area contributed by atoms with Gasteiger partial charge < -0.3 is 9.73 Å². The predicted octanol–water partition coefficient (Wildman–Crippen LogP) is 0.664. The van der Waals surface area contributed by atoms with Crippen molar-refractivity contribution >= 4 is 30.7 Å². The summed E-state index contributed by atoms with van der Waals surface area (Å²) in [4.78, 5) is 18.6. The molecule has 0 atom stereocenters. The fraction of sp³-hybridized carbons (Fsp3) is 0.692. The highest BCUT2D eigenvalue weighted by Crippen LogP contribution is 2.08. The van der Waals surface area contributed by atoms with Crippen LogP contribution in [0, 0.1) is 0 Å². The van der Waals surface area contributed by atoms with Crippen molar-refractivity contribution in [1.29, 1.82) is 0 Å². The summed E-state index contributed by atoms with van der Waals surface area (Å²) >= 11 is 0. The van der Waals surface area contributed by atoms with Crippen molar-refractivity contribution in [1.82, 2.24) is 25.6 Å². The maximum atomic E-state index is 12.0. The van der Waals surface area contributed by atoms with E-state index >= 15 is 0 Å². The first-order valence-electron chi connectivity index (χ1n) is 7.25. The molecule has 1 aromatic heterocycles. The van der Waals surface area contributed by atoms with E-state index < -0.39 is 0 Å².